The Morgan fingerprint density at radius 3 is 2.96 bits per heavy atom. The average Bonchev–Trinajstić information content (AvgIpc) is 3.18. The molecule has 0 bridgehead atoms. The van der Waals surface area contributed by atoms with Crippen LogP contribution in [-0.2, 0) is 17.8 Å². The van der Waals surface area contributed by atoms with Crippen molar-refractivity contribution in [2.75, 3.05) is 19.7 Å². The van der Waals surface area contributed by atoms with Gasteiger partial charge in [-0.25, -0.2) is 4.98 Å². The highest BCUT2D eigenvalue weighted by Crippen LogP contribution is 2.26. The topological polar surface area (TPSA) is 98.7 Å². The minimum atomic E-state index is -0.337. The number of H-pyrrole nitrogens is 1. The van der Waals surface area contributed by atoms with Crippen LogP contribution in [0.2, 0.25) is 0 Å². The molecular formula is C19H22N5O2+. The van der Waals surface area contributed by atoms with Crippen LogP contribution in [0.15, 0.2) is 42.7 Å². The van der Waals surface area contributed by atoms with E-state index in [-0.39, 0.29) is 18.6 Å². The maximum atomic E-state index is 13.2. The maximum Gasteiger partial charge on any atom is 0.285 e. The molecule has 7 heteroatoms. The molecule has 2 aromatic heterocycles. The van der Waals surface area contributed by atoms with E-state index in [0.29, 0.717) is 19.6 Å². The van der Waals surface area contributed by atoms with Gasteiger partial charge in [0.25, 0.3) is 5.91 Å². The first-order valence-corrected chi connectivity index (χ1v) is 8.85. The van der Waals surface area contributed by atoms with E-state index >= 15 is 0 Å². The van der Waals surface area contributed by atoms with Gasteiger partial charge in [-0.3, -0.25) is 9.89 Å². The Labute approximate surface area is 151 Å². The smallest absolute Gasteiger partial charge is 0.285 e. The van der Waals surface area contributed by atoms with Crippen molar-refractivity contribution in [1.29, 1.82) is 0 Å². The lowest BCUT2D eigenvalue weighted by atomic mass is 9.97. The number of pyridine rings is 1. The Kier molecular flexibility index (Phi) is 4.64. The summed E-state index contributed by atoms with van der Waals surface area (Å²) in [5.74, 6) is 0.0718. The summed E-state index contributed by atoms with van der Waals surface area (Å²) in [6, 6.07) is 9.41. The van der Waals surface area contributed by atoms with Crippen molar-refractivity contribution in [3.8, 4) is 0 Å². The summed E-state index contributed by atoms with van der Waals surface area (Å²) in [6.07, 6.45) is 4.44. The van der Waals surface area contributed by atoms with Gasteiger partial charge in [-0.2, -0.15) is 5.10 Å². The van der Waals surface area contributed by atoms with Gasteiger partial charge in [0.1, 0.15) is 0 Å². The molecule has 0 spiro atoms. The van der Waals surface area contributed by atoms with Crippen molar-refractivity contribution in [2.24, 2.45) is 0 Å². The van der Waals surface area contributed by atoms with E-state index < -0.39 is 0 Å². The second kappa shape index (κ2) is 7.23. The monoisotopic (exact) mass is 352 g/mol. The number of aromatic amines is 1. The highest BCUT2D eigenvalue weighted by Gasteiger charge is 2.31. The normalized spacial score (nSPS) is 15.0. The summed E-state index contributed by atoms with van der Waals surface area (Å²) in [5.41, 5.74) is 4.05. The summed E-state index contributed by atoms with van der Waals surface area (Å²) in [7, 11) is 0. The molecule has 0 saturated heterocycles. The SMILES string of the molecule is O=C(C([NH2+]CCO)c1ccccc1)N1CCc2c(cnc3[nH]ncc23)C1. The Morgan fingerprint density at radius 2 is 2.15 bits per heavy atom. The Balaban J connectivity index is 1.58. The number of aliphatic hydroxyl groups is 1. The Morgan fingerprint density at radius 1 is 1.31 bits per heavy atom. The molecule has 0 radical (unpaired) electrons. The standard InChI is InChI=1S/C19H21N5O2/c25-9-7-20-17(13-4-2-1-3-5-13)19(26)24-8-6-15-14(12-24)10-21-18-16(15)11-22-23-18/h1-5,10-11,17,20,25H,6-9,12H2,(H,21,22,23)/p+1. The first-order chi connectivity index (χ1) is 12.8. The second-order valence-corrected chi connectivity index (χ2v) is 6.54. The summed E-state index contributed by atoms with van der Waals surface area (Å²) in [4.78, 5) is 19.5. The number of rotatable bonds is 5. The number of nitrogens with one attached hydrogen (secondary N) is 1. The summed E-state index contributed by atoms with van der Waals surface area (Å²) < 4.78 is 0. The molecule has 4 N–H and O–H groups in total. The Hall–Kier alpha value is -2.77. The third-order valence-corrected chi connectivity index (χ3v) is 4.94. The van der Waals surface area contributed by atoms with Crippen LogP contribution < -0.4 is 5.32 Å². The largest absolute Gasteiger partial charge is 0.391 e. The van der Waals surface area contributed by atoms with Crippen molar-refractivity contribution < 1.29 is 15.2 Å². The number of hydrogen-bond acceptors (Lipinski definition) is 4. The number of quaternary nitrogens is 1. The number of nitrogens with zero attached hydrogens (tertiary/aromatic N) is 3. The van der Waals surface area contributed by atoms with E-state index in [9.17, 15) is 9.90 Å². The number of carbonyl (C=O) groups is 1. The molecule has 1 aliphatic rings. The molecule has 4 rings (SSSR count). The molecule has 1 amide bonds. The maximum absolute atomic E-state index is 13.2. The first kappa shape index (κ1) is 16.7. The van der Waals surface area contributed by atoms with Crippen LogP contribution in [0.3, 0.4) is 0 Å². The lowest BCUT2D eigenvalue weighted by Crippen LogP contribution is -2.88. The number of nitrogens with two attached hydrogens (primary N) is 1. The predicted octanol–water partition coefficient (Wildman–Crippen LogP) is 0.140. The quantitative estimate of drug-likeness (QED) is 0.608. The highest BCUT2D eigenvalue weighted by atomic mass is 16.3. The third-order valence-electron chi connectivity index (χ3n) is 4.94. The second-order valence-electron chi connectivity index (χ2n) is 6.54. The summed E-state index contributed by atoms with van der Waals surface area (Å²) >= 11 is 0. The van der Waals surface area contributed by atoms with E-state index in [1.165, 1.54) is 5.56 Å². The van der Waals surface area contributed by atoms with Crippen LogP contribution in [0.25, 0.3) is 11.0 Å². The molecular weight excluding hydrogens is 330 g/mol. The fourth-order valence-corrected chi connectivity index (χ4v) is 3.62. The van der Waals surface area contributed by atoms with Crippen molar-refractivity contribution in [1.82, 2.24) is 20.1 Å². The predicted molar refractivity (Wildman–Crippen MR) is 96.1 cm³/mol. The highest BCUT2D eigenvalue weighted by molar-refractivity contribution is 5.83. The molecule has 0 aliphatic carbocycles. The number of aromatic nitrogens is 3. The molecule has 26 heavy (non-hydrogen) atoms. The van der Waals surface area contributed by atoms with Crippen LogP contribution in [-0.4, -0.2) is 50.8 Å². The molecule has 3 heterocycles. The molecule has 1 aliphatic heterocycles. The molecule has 134 valence electrons. The molecule has 1 unspecified atom stereocenters. The van der Waals surface area contributed by atoms with Gasteiger partial charge in [0, 0.05) is 30.2 Å². The number of aliphatic hydroxyl groups excluding tert-OH is 1. The fraction of sp³-hybridized carbons (Fsp3) is 0.316. The lowest BCUT2D eigenvalue weighted by molar-refractivity contribution is -0.684. The summed E-state index contributed by atoms with van der Waals surface area (Å²) in [6.45, 7) is 1.76. The van der Waals surface area contributed by atoms with Crippen molar-refractivity contribution in [3.63, 3.8) is 0 Å². The fourth-order valence-electron chi connectivity index (χ4n) is 3.62. The van der Waals surface area contributed by atoms with Gasteiger partial charge in [-0.05, 0) is 17.5 Å². The average molecular weight is 352 g/mol. The van der Waals surface area contributed by atoms with Crippen molar-refractivity contribution in [2.45, 2.75) is 19.0 Å². The number of carbonyl (C=O) groups excluding carboxylic acids is 1. The third kappa shape index (κ3) is 3.07. The molecule has 0 saturated carbocycles. The van der Waals surface area contributed by atoms with Crippen LogP contribution in [0, 0.1) is 0 Å². The van der Waals surface area contributed by atoms with E-state index in [0.717, 1.165) is 28.6 Å². The van der Waals surface area contributed by atoms with Gasteiger partial charge in [0.15, 0.2) is 11.7 Å². The summed E-state index contributed by atoms with van der Waals surface area (Å²) in [5, 5.41) is 19.1. The molecule has 7 nitrogen and oxygen atoms in total. The van der Waals surface area contributed by atoms with Gasteiger partial charge in [0.2, 0.25) is 0 Å². The number of hydrogen-bond donors (Lipinski definition) is 3. The van der Waals surface area contributed by atoms with Crippen LogP contribution in [0.1, 0.15) is 22.7 Å². The Bertz CT molecular complexity index is 909. The zero-order valence-corrected chi connectivity index (χ0v) is 14.4. The molecule has 3 aromatic rings. The minimum absolute atomic E-state index is 0.0435. The number of fused-ring (bicyclic) bond motifs is 3. The van der Waals surface area contributed by atoms with E-state index in [1.54, 1.807) is 6.20 Å². The number of benzene rings is 1. The van der Waals surface area contributed by atoms with Gasteiger partial charge in [0.05, 0.1) is 19.3 Å². The zero-order chi connectivity index (χ0) is 17.9. The van der Waals surface area contributed by atoms with Gasteiger partial charge >= 0.3 is 0 Å². The lowest BCUT2D eigenvalue weighted by Gasteiger charge is -2.31. The van der Waals surface area contributed by atoms with Crippen LogP contribution >= 0.6 is 0 Å². The minimum Gasteiger partial charge on any atom is -0.391 e. The van der Waals surface area contributed by atoms with Gasteiger partial charge in [-0.1, -0.05) is 30.3 Å². The van der Waals surface area contributed by atoms with Crippen molar-refractivity contribution >= 4 is 16.9 Å². The van der Waals surface area contributed by atoms with Gasteiger partial charge < -0.3 is 15.3 Å². The molecule has 1 atom stereocenters. The van der Waals surface area contributed by atoms with E-state index in [1.807, 2.05) is 46.7 Å². The molecule has 0 fully saturated rings. The van der Waals surface area contributed by atoms with E-state index in [2.05, 4.69) is 15.2 Å². The van der Waals surface area contributed by atoms with Gasteiger partial charge in [-0.15, -0.1) is 0 Å². The molecule has 1 aromatic carbocycles. The zero-order valence-electron chi connectivity index (χ0n) is 14.4. The van der Waals surface area contributed by atoms with Crippen molar-refractivity contribution in [3.05, 3.63) is 59.4 Å². The van der Waals surface area contributed by atoms with Crippen LogP contribution in [0.5, 0.6) is 0 Å². The van der Waals surface area contributed by atoms with E-state index in [4.69, 9.17) is 0 Å². The number of amides is 1. The first-order valence-electron chi connectivity index (χ1n) is 8.85. The van der Waals surface area contributed by atoms with Crippen LogP contribution in [0.4, 0.5) is 0 Å².